The molecule has 23 heavy (non-hydrogen) atoms. The molecule has 0 heterocycles. The minimum absolute atomic E-state index is 0. The number of nitrogens with two attached hydrogens (primary N) is 1. The van der Waals surface area contributed by atoms with Gasteiger partial charge in [0.25, 0.3) is 0 Å². The Hall–Kier alpha value is -1.31. The lowest BCUT2D eigenvalue weighted by Crippen LogP contribution is -2.46. The molecule has 4 N–H and O–H groups in total. The molecule has 0 aliphatic heterocycles. The van der Waals surface area contributed by atoms with E-state index < -0.39 is 5.91 Å². The number of amides is 1. The van der Waals surface area contributed by atoms with Crippen molar-refractivity contribution < 1.29 is 4.79 Å². The molecule has 5 nitrogen and oxygen atoms in total. The highest BCUT2D eigenvalue weighted by molar-refractivity contribution is 14.0. The van der Waals surface area contributed by atoms with Crippen molar-refractivity contribution in [3.8, 4) is 0 Å². The van der Waals surface area contributed by atoms with Crippen LogP contribution in [0, 0.1) is 5.41 Å². The minimum atomic E-state index is -0.401. The molecule has 1 amide bonds. The van der Waals surface area contributed by atoms with Crippen LogP contribution < -0.4 is 16.4 Å². The summed E-state index contributed by atoms with van der Waals surface area (Å²) in [6.07, 6.45) is 5.17. The SMILES string of the molecule is CCC1(CNC(=NC)NCc2ccc(C(N)=O)cc2)CCC1.I. The summed E-state index contributed by atoms with van der Waals surface area (Å²) in [7, 11) is 1.78. The third kappa shape index (κ3) is 5.37. The number of nitrogens with one attached hydrogen (secondary N) is 2. The van der Waals surface area contributed by atoms with E-state index >= 15 is 0 Å². The largest absolute Gasteiger partial charge is 0.366 e. The predicted molar refractivity (Wildman–Crippen MR) is 105 cm³/mol. The van der Waals surface area contributed by atoms with Gasteiger partial charge in [0.15, 0.2) is 5.96 Å². The summed E-state index contributed by atoms with van der Waals surface area (Å²) in [6.45, 7) is 3.90. The average Bonchev–Trinajstić information content (AvgIpc) is 2.50. The Bertz CT molecular complexity index is 533. The van der Waals surface area contributed by atoms with Crippen LogP contribution in [0.25, 0.3) is 0 Å². The number of nitrogens with zero attached hydrogens (tertiary/aromatic N) is 1. The second-order valence-corrected chi connectivity index (χ2v) is 6.05. The maximum absolute atomic E-state index is 11.0. The lowest BCUT2D eigenvalue weighted by atomic mass is 9.67. The summed E-state index contributed by atoms with van der Waals surface area (Å²) in [6, 6.07) is 7.30. The number of hydrogen-bond donors (Lipinski definition) is 3. The molecule has 128 valence electrons. The standard InChI is InChI=1S/C17H26N4O.HI/c1-3-17(9-4-10-17)12-21-16(19-2)20-11-13-5-7-14(8-6-13)15(18)22;/h5-8H,3-4,9-12H2,1-2H3,(H2,18,22)(H2,19,20,21);1H. The number of guanidine groups is 1. The first-order valence-electron chi connectivity index (χ1n) is 7.92. The van der Waals surface area contributed by atoms with E-state index in [0.717, 1.165) is 18.1 Å². The summed E-state index contributed by atoms with van der Waals surface area (Å²) in [5, 5.41) is 6.73. The Morgan fingerprint density at radius 1 is 1.26 bits per heavy atom. The van der Waals surface area contributed by atoms with Gasteiger partial charge in [-0.25, -0.2) is 0 Å². The van der Waals surface area contributed by atoms with Crippen LogP contribution >= 0.6 is 24.0 Å². The van der Waals surface area contributed by atoms with Crippen molar-refractivity contribution in [3.63, 3.8) is 0 Å². The minimum Gasteiger partial charge on any atom is -0.366 e. The molecule has 0 atom stereocenters. The van der Waals surface area contributed by atoms with Gasteiger partial charge in [-0.15, -0.1) is 24.0 Å². The maximum Gasteiger partial charge on any atom is 0.248 e. The topological polar surface area (TPSA) is 79.5 Å². The molecular formula is C17H27IN4O. The second-order valence-electron chi connectivity index (χ2n) is 6.05. The Balaban J connectivity index is 0.00000264. The van der Waals surface area contributed by atoms with E-state index in [1.807, 2.05) is 12.1 Å². The third-order valence-corrected chi connectivity index (χ3v) is 4.72. The first-order valence-corrected chi connectivity index (χ1v) is 7.92. The maximum atomic E-state index is 11.0. The summed E-state index contributed by atoms with van der Waals surface area (Å²) >= 11 is 0. The molecule has 1 aromatic carbocycles. The van der Waals surface area contributed by atoms with Crippen LogP contribution in [0.2, 0.25) is 0 Å². The van der Waals surface area contributed by atoms with Gasteiger partial charge >= 0.3 is 0 Å². The van der Waals surface area contributed by atoms with E-state index in [1.54, 1.807) is 19.2 Å². The summed E-state index contributed by atoms with van der Waals surface area (Å²) in [5.41, 5.74) is 7.31. The van der Waals surface area contributed by atoms with Gasteiger partial charge in [0.1, 0.15) is 0 Å². The number of rotatable bonds is 6. The molecule has 0 spiro atoms. The Morgan fingerprint density at radius 2 is 1.91 bits per heavy atom. The van der Waals surface area contributed by atoms with Gasteiger partial charge in [0.05, 0.1) is 0 Å². The molecule has 0 bridgehead atoms. The van der Waals surface area contributed by atoms with E-state index in [2.05, 4.69) is 22.5 Å². The van der Waals surface area contributed by atoms with Crippen molar-refractivity contribution >= 4 is 35.8 Å². The van der Waals surface area contributed by atoms with Crippen LogP contribution in [0.1, 0.15) is 48.5 Å². The monoisotopic (exact) mass is 430 g/mol. The number of halogens is 1. The lowest BCUT2D eigenvalue weighted by molar-refractivity contribution is 0.100. The van der Waals surface area contributed by atoms with Crippen molar-refractivity contribution in [2.24, 2.45) is 16.1 Å². The van der Waals surface area contributed by atoms with Crippen LogP contribution in [0.3, 0.4) is 0 Å². The van der Waals surface area contributed by atoms with E-state index in [4.69, 9.17) is 5.73 Å². The van der Waals surface area contributed by atoms with Crippen molar-refractivity contribution in [1.29, 1.82) is 0 Å². The van der Waals surface area contributed by atoms with Gasteiger partial charge in [-0.1, -0.05) is 25.5 Å². The molecule has 2 rings (SSSR count). The van der Waals surface area contributed by atoms with Crippen molar-refractivity contribution in [2.75, 3.05) is 13.6 Å². The van der Waals surface area contributed by atoms with E-state index in [1.165, 1.54) is 25.7 Å². The van der Waals surface area contributed by atoms with Gasteiger partial charge in [-0.3, -0.25) is 9.79 Å². The Morgan fingerprint density at radius 3 is 2.35 bits per heavy atom. The predicted octanol–water partition coefficient (Wildman–Crippen LogP) is 2.65. The first kappa shape index (κ1) is 19.7. The molecule has 0 unspecified atom stereocenters. The molecule has 0 aromatic heterocycles. The Kier molecular flexibility index (Phi) is 7.81. The fourth-order valence-electron chi connectivity index (χ4n) is 2.80. The van der Waals surface area contributed by atoms with Gasteiger partial charge in [0, 0.05) is 25.7 Å². The van der Waals surface area contributed by atoms with Crippen LogP contribution in [-0.4, -0.2) is 25.5 Å². The molecule has 1 saturated carbocycles. The highest BCUT2D eigenvalue weighted by atomic mass is 127. The molecule has 0 radical (unpaired) electrons. The number of hydrogen-bond acceptors (Lipinski definition) is 2. The average molecular weight is 430 g/mol. The molecule has 1 fully saturated rings. The van der Waals surface area contributed by atoms with Crippen LogP contribution in [-0.2, 0) is 6.54 Å². The number of primary amides is 1. The van der Waals surface area contributed by atoms with Crippen LogP contribution in [0.5, 0.6) is 0 Å². The summed E-state index contributed by atoms with van der Waals surface area (Å²) in [5.74, 6) is 0.418. The number of carbonyl (C=O) groups is 1. The van der Waals surface area contributed by atoms with Crippen molar-refractivity contribution in [3.05, 3.63) is 35.4 Å². The number of carbonyl (C=O) groups excluding carboxylic acids is 1. The normalized spacial score (nSPS) is 16.0. The zero-order chi connectivity index (χ0) is 16.0. The third-order valence-electron chi connectivity index (χ3n) is 4.72. The zero-order valence-corrected chi connectivity index (χ0v) is 16.2. The number of benzene rings is 1. The van der Waals surface area contributed by atoms with Crippen LogP contribution in [0.4, 0.5) is 0 Å². The Labute approximate surface area is 155 Å². The van der Waals surface area contributed by atoms with Gasteiger partial charge < -0.3 is 16.4 Å². The second kappa shape index (κ2) is 9.10. The van der Waals surface area contributed by atoms with Crippen LogP contribution in [0.15, 0.2) is 29.3 Å². The first-order chi connectivity index (χ1) is 10.6. The summed E-state index contributed by atoms with van der Waals surface area (Å²) in [4.78, 5) is 15.3. The fraction of sp³-hybridized carbons (Fsp3) is 0.529. The summed E-state index contributed by atoms with van der Waals surface area (Å²) < 4.78 is 0. The van der Waals surface area contributed by atoms with Gasteiger partial charge in [-0.2, -0.15) is 0 Å². The van der Waals surface area contributed by atoms with E-state index in [-0.39, 0.29) is 24.0 Å². The van der Waals surface area contributed by atoms with E-state index in [9.17, 15) is 4.79 Å². The molecule has 1 aliphatic rings. The number of aliphatic imine (C=N–C) groups is 1. The smallest absolute Gasteiger partial charge is 0.248 e. The van der Waals surface area contributed by atoms with Crippen molar-refractivity contribution in [1.82, 2.24) is 10.6 Å². The quantitative estimate of drug-likeness (QED) is 0.369. The van der Waals surface area contributed by atoms with Crippen molar-refractivity contribution in [2.45, 2.75) is 39.2 Å². The molecule has 6 heteroatoms. The highest BCUT2D eigenvalue weighted by Crippen LogP contribution is 2.42. The van der Waals surface area contributed by atoms with Gasteiger partial charge in [0.2, 0.25) is 5.91 Å². The molecular weight excluding hydrogens is 403 g/mol. The van der Waals surface area contributed by atoms with Gasteiger partial charge in [-0.05, 0) is 42.4 Å². The molecule has 0 saturated heterocycles. The fourth-order valence-corrected chi connectivity index (χ4v) is 2.80. The zero-order valence-electron chi connectivity index (χ0n) is 13.9. The molecule has 1 aliphatic carbocycles. The van der Waals surface area contributed by atoms with E-state index in [0.29, 0.717) is 17.5 Å². The molecule has 1 aromatic rings. The highest BCUT2D eigenvalue weighted by Gasteiger charge is 2.34. The lowest BCUT2D eigenvalue weighted by Gasteiger charge is -2.41.